The summed E-state index contributed by atoms with van der Waals surface area (Å²) >= 11 is 2.89. The Balaban J connectivity index is 1.97. The third-order valence-corrected chi connectivity index (χ3v) is 4.34. The van der Waals surface area contributed by atoms with Crippen molar-refractivity contribution in [2.24, 2.45) is 0 Å². The minimum atomic E-state index is -0.908. The topological polar surface area (TPSA) is 50.2 Å². The Bertz CT molecular complexity index is 520. The molecule has 0 aliphatic rings. The molecule has 1 N–H and O–H groups in total. The third-order valence-electron chi connectivity index (χ3n) is 2.15. The van der Waals surface area contributed by atoms with E-state index in [4.69, 9.17) is 5.11 Å². The number of carbonyl (C=O) groups is 1. The third kappa shape index (κ3) is 3.31. The molecule has 0 aliphatic heterocycles. The van der Waals surface area contributed by atoms with Gasteiger partial charge in [-0.25, -0.2) is 9.78 Å². The number of nitrogens with zero attached hydrogens (tertiary/aromatic N) is 1. The summed E-state index contributed by atoms with van der Waals surface area (Å²) in [6.07, 6.45) is 1.41. The molecule has 2 rings (SSSR count). The number of aromatic carboxylic acids is 1. The molecule has 0 atom stereocenters. The normalized spacial score (nSPS) is 10.4. The van der Waals surface area contributed by atoms with Gasteiger partial charge >= 0.3 is 5.97 Å². The highest BCUT2D eigenvalue weighted by Gasteiger charge is 2.08. The molecule has 0 aliphatic carbocycles. The Morgan fingerprint density at radius 3 is 2.71 bits per heavy atom. The van der Waals surface area contributed by atoms with E-state index < -0.39 is 5.97 Å². The monoisotopic (exact) mass is 265 g/mol. The van der Waals surface area contributed by atoms with Gasteiger partial charge in [-0.05, 0) is 19.1 Å². The van der Waals surface area contributed by atoms with Crippen LogP contribution in [0, 0.1) is 6.92 Å². The van der Waals surface area contributed by atoms with Crippen LogP contribution in [0.15, 0.2) is 35.4 Å². The number of thiazole rings is 1. The Morgan fingerprint density at radius 1 is 1.41 bits per heavy atom. The molecule has 1 aromatic heterocycles. The average molecular weight is 265 g/mol. The molecule has 2 aromatic rings. The van der Waals surface area contributed by atoms with Crippen molar-refractivity contribution in [3.8, 4) is 0 Å². The fourth-order valence-electron chi connectivity index (χ4n) is 1.26. The fourth-order valence-corrected chi connectivity index (χ4v) is 2.91. The van der Waals surface area contributed by atoms with Crippen LogP contribution in [0.2, 0.25) is 0 Å². The number of benzene rings is 1. The molecule has 0 fully saturated rings. The number of hydrogen-bond acceptors (Lipinski definition) is 4. The van der Waals surface area contributed by atoms with Crippen LogP contribution in [0.25, 0.3) is 0 Å². The Morgan fingerprint density at radius 2 is 2.12 bits per heavy atom. The van der Waals surface area contributed by atoms with Crippen molar-refractivity contribution < 1.29 is 9.90 Å². The second-order valence-electron chi connectivity index (χ2n) is 3.53. The van der Waals surface area contributed by atoms with E-state index in [0.717, 1.165) is 5.01 Å². The van der Waals surface area contributed by atoms with Gasteiger partial charge in [0.15, 0.2) is 0 Å². The lowest BCUT2D eigenvalue weighted by molar-refractivity contribution is 0.0702. The van der Waals surface area contributed by atoms with E-state index in [-0.39, 0.29) is 0 Å². The van der Waals surface area contributed by atoms with Crippen molar-refractivity contribution in [2.75, 3.05) is 0 Å². The van der Waals surface area contributed by atoms with Gasteiger partial charge in [0, 0.05) is 4.90 Å². The van der Waals surface area contributed by atoms with Crippen molar-refractivity contribution in [1.82, 2.24) is 4.98 Å². The number of carboxylic acid groups (broad SMARTS) is 1. The highest BCUT2D eigenvalue weighted by Crippen LogP contribution is 2.25. The Labute approximate surface area is 108 Å². The summed E-state index contributed by atoms with van der Waals surface area (Å²) in [5.74, 6) is -0.199. The molecule has 0 saturated heterocycles. The maximum Gasteiger partial charge on any atom is 0.347 e. The van der Waals surface area contributed by atoms with Gasteiger partial charge in [-0.15, -0.1) is 23.1 Å². The molecule has 17 heavy (non-hydrogen) atoms. The van der Waals surface area contributed by atoms with Gasteiger partial charge < -0.3 is 5.11 Å². The molecule has 0 bridgehead atoms. The lowest BCUT2D eigenvalue weighted by Gasteiger charge is -1.99. The predicted molar refractivity (Wildman–Crippen MR) is 69.8 cm³/mol. The molecular formula is C12H11NO2S2. The molecule has 0 amide bonds. The van der Waals surface area contributed by atoms with Crippen molar-refractivity contribution in [3.05, 3.63) is 45.9 Å². The quantitative estimate of drug-likeness (QED) is 0.860. The fraction of sp³-hybridized carbons (Fsp3) is 0.167. The zero-order chi connectivity index (χ0) is 12.3. The van der Waals surface area contributed by atoms with Gasteiger partial charge in [0.2, 0.25) is 0 Å². The zero-order valence-electron chi connectivity index (χ0n) is 9.21. The number of thioether (sulfide) groups is 1. The molecule has 0 spiro atoms. The molecule has 0 unspecified atom stereocenters. The second kappa shape index (κ2) is 5.33. The zero-order valence-corrected chi connectivity index (χ0v) is 10.8. The van der Waals surface area contributed by atoms with Crippen LogP contribution >= 0.6 is 23.1 Å². The standard InChI is InChI=1S/C12H11NO2S2/c1-8-2-4-9(5-3-8)16-7-11-13-6-10(17-11)12(14)15/h2-6H,7H2,1H3,(H,14,15). The van der Waals surface area contributed by atoms with E-state index in [1.807, 2.05) is 0 Å². The minimum Gasteiger partial charge on any atom is -0.477 e. The number of aryl methyl sites for hydroxylation is 1. The highest BCUT2D eigenvalue weighted by molar-refractivity contribution is 7.98. The summed E-state index contributed by atoms with van der Waals surface area (Å²) in [7, 11) is 0. The Kier molecular flexibility index (Phi) is 3.81. The maximum atomic E-state index is 10.7. The van der Waals surface area contributed by atoms with Gasteiger partial charge in [0.1, 0.15) is 9.88 Å². The molecule has 0 radical (unpaired) electrons. The van der Waals surface area contributed by atoms with E-state index in [1.54, 1.807) is 11.8 Å². The largest absolute Gasteiger partial charge is 0.477 e. The average Bonchev–Trinajstić information content (AvgIpc) is 2.77. The Hall–Kier alpha value is -1.33. The van der Waals surface area contributed by atoms with Crippen molar-refractivity contribution in [1.29, 1.82) is 0 Å². The number of rotatable bonds is 4. The van der Waals surface area contributed by atoms with Crippen molar-refractivity contribution in [2.45, 2.75) is 17.6 Å². The van der Waals surface area contributed by atoms with Gasteiger partial charge in [-0.3, -0.25) is 0 Å². The lowest BCUT2D eigenvalue weighted by Crippen LogP contribution is -1.89. The molecular weight excluding hydrogens is 254 g/mol. The lowest BCUT2D eigenvalue weighted by atomic mass is 10.2. The summed E-state index contributed by atoms with van der Waals surface area (Å²) in [5.41, 5.74) is 1.23. The van der Waals surface area contributed by atoms with Crippen molar-refractivity contribution in [3.63, 3.8) is 0 Å². The molecule has 88 valence electrons. The molecule has 5 heteroatoms. The SMILES string of the molecule is Cc1ccc(SCc2ncc(C(=O)O)s2)cc1. The first kappa shape index (κ1) is 12.1. The van der Waals surface area contributed by atoms with E-state index in [2.05, 4.69) is 36.2 Å². The summed E-state index contributed by atoms with van der Waals surface area (Å²) in [4.78, 5) is 16.2. The van der Waals surface area contributed by atoms with E-state index >= 15 is 0 Å². The molecule has 3 nitrogen and oxygen atoms in total. The van der Waals surface area contributed by atoms with Crippen LogP contribution in [0.1, 0.15) is 20.2 Å². The van der Waals surface area contributed by atoms with Crippen LogP contribution in [0.5, 0.6) is 0 Å². The predicted octanol–water partition coefficient (Wildman–Crippen LogP) is 3.44. The van der Waals surface area contributed by atoms with Gasteiger partial charge in [-0.2, -0.15) is 0 Å². The molecule has 1 heterocycles. The first-order valence-electron chi connectivity index (χ1n) is 5.02. The van der Waals surface area contributed by atoms with Crippen LogP contribution in [0.3, 0.4) is 0 Å². The van der Waals surface area contributed by atoms with Gasteiger partial charge in [-0.1, -0.05) is 17.7 Å². The van der Waals surface area contributed by atoms with E-state index in [1.165, 1.54) is 28.0 Å². The number of hydrogen-bond donors (Lipinski definition) is 1. The summed E-state index contributed by atoms with van der Waals surface area (Å²) in [6.45, 7) is 2.05. The smallest absolute Gasteiger partial charge is 0.347 e. The number of aromatic nitrogens is 1. The molecule has 0 saturated carbocycles. The van der Waals surface area contributed by atoms with Crippen molar-refractivity contribution >= 4 is 29.1 Å². The highest BCUT2D eigenvalue weighted by atomic mass is 32.2. The van der Waals surface area contributed by atoms with Crippen LogP contribution in [0.4, 0.5) is 0 Å². The second-order valence-corrected chi connectivity index (χ2v) is 5.69. The number of carboxylic acids is 1. The molecule has 1 aromatic carbocycles. The van der Waals surface area contributed by atoms with Crippen LogP contribution < -0.4 is 0 Å². The maximum absolute atomic E-state index is 10.7. The minimum absolute atomic E-state index is 0.296. The van der Waals surface area contributed by atoms with Crippen LogP contribution in [-0.2, 0) is 5.75 Å². The van der Waals surface area contributed by atoms with Gasteiger partial charge in [0.05, 0.1) is 11.9 Å². The van der Waals surface area contributed by atoms with Crippen LogP contribution in [-0.4, -0.2) is 16.1 Å². The summed E-state index contributed by atoms with van der Waals surface area (Å²) in [6, 6.07) is 8.25. The summed E-state index contributed by atoms with van der Waals surface area (Å²) in [5, 5.41) is 9.62. The van der Waals surface area contributed by atoms with E-state index in [9.17, 15) is 4.79 Å². The van der Waals surface area contributed by atoms with Gasteiger partial charge in [0.25, 0.3) is 0 Å². The first-order valence-corrected chi connectivity index (χ1v) is 6.83. The van der Waals surface area contributed by atoms with E-state index in [0.29, 0.717) is 10.6 Å². The summed E-state index contributed by atoms with van der Waals surface area (Å²) < 4.78 is 0. The first-order chi connectivity index (χ1) is 8.15.